The SMILES string of the molecule is CNC(=O)c1cc(C(=O)NCCc2cnn(C)c2)cc2c1OC[C@H]2c1ccc(F)cc1. The van der Waals surface area contributed by atoms with Crippen LogP contribution in [-0.4, -0.2) is 41.8 Å². The van der Waals surface area contributed by atoms with E-state index >= 15 is 0 Å². The molecule has 2 aromatic carbocycles. The number of hydrogen-bond acceptors (Lipinski definition) is 4. The molecule has 160 valence electrons. The number of fused-ring (bicyclic) bond motifs is 1. The molecule has 2 N–H and O–H groups in total. The van der Waals surface area contributed by atoms with Crippen LogP contribution in [0.2, 0.25) is 0 Å². The summed E-state index contributed by atoms with van der Waals surface area (Å²) in [6.07, 6.45) is 4.31. The van der Waals surface area contributed by atoms with E-state index in [1.165, 1.54) is 19.2 Å². The van der Waals surface area contributed by atoms with Gasteiger partial charge in [-0.2, -0.15) is 5.10 Å². The molecule has 1 aromatic heterocycles. The Morgan fingerprint density at radius 1 is 1.23 bits per heavy atom. The third kappa shape index (κ3) is 4.28. The van der Waals surface area contributed by atoms with Crippen molar-refractivity contribution in [1.29, 1.82) is 0 Å². The van der Waals surface area contributed by atoms with Crippen LogP contribution in [0.4, 0.5) is 4.39 Å². The Labute approximate surface area is 179 Å². The highest BCUT2D eigenvalue weighted by Crippen LogP contribution is 2.41. The maximum atomic E-state index is 13.4. The largest absolute Gasteiger partial charge is 0.491 e. The maximum Gasteiger partial charge on any atom is 0.254 e. The average molecular weight is 422 g/mol. The second-order valence-corrected chi connectivity index (χ2v) is 7.46. The minimum absolute atomic E-state index is 0.192. The van der Waals surface area contributed by atoms with Gasteiger partial charge in [-0.3, -0.25) is 14.3 Å². The van der Waals surface area contributed by atoms with Gasteiger partial charge < -0.3 is 15.4 Å². The Morgan fingerprint density at radius 3 is 2.68 bits per heavy atom. The van der Waals surface area contributed by atoms with Crippen molar-refractivity contribution in [3.63, 3.8) is 0 Å². The van der Waals surface area contributed by atoms with E-state index in [0.717, 1.165) is 16.7 Å². The lowest BCUT2D eigenvalue weighted by Crippen LogP contribution is -2.26. The number of halogens is 1. The van der Waals surface area contributed by atoms with Crippen LogP contribution in [-0.2, 0) is 13.5 Å². The molecule has 0 saturated carbocycles. The van der Waals surface area contributed by atoms with Crippen molar-refractivity contribution >= 4 is 11.8 Å². The summed E-state index contributed by atoms with van der Waals surface area (Å²) in [4.78, 5) is 25.3. The lowest BCUT2D eigenvalue weighted by molar-refractivity contribution is 0.0954. The van der Waals surface area contributed by atoms with Crippen molar-refractivity contribution in [1.82, 2.24) is 20.4 Å². The normalized spacial score (nSPS) is 14.6. The van der Waals surface area contributed by atoms with Gasteiger partial charge in [0.25, 0.3) is 11.8 Å². The molecule has 0 bridgehead atoms. The first-order valence-electron chi connectivity index (χ1n) is 10.00. The number of hydrogen-bond donors (Lipinski definition) is 2. The van der Waals surface area contributed by atoms with Gasteiger partial charge in [0, 0.05) is 43.9 Å². The molecule has 0 aliphatic carbocycles. The molecule has 3 aromatic rings. The van der Waals surface area contributed by atoms with E-state index < -0.39 is 0 Å². The number of rotatable bonds is 6. The third-order valence-corrected chi connectivity index (χ3v) is 5.35. The Balaban J connectivity index is 1.60. The first kappa shape index (κ1) is 20.6. The minimum atomic E-state index is -0.332. The van der Waals surface area contributed by atoms with Crippen molar-refractivity contribution in [2.24, 2.45) is 7.05 Å². The van der Waals surface area contributed by atoms with Crippen LogP contribution in [0.5, 0.6) is 5.75 Å². The topological polar surface area (TPSA) is 85.3 Å². The van der Waals surface area contributed by atoms with E-state index in [4.69, 9.17) is 4.74 Å². The molecule has 31 heavy (non-hydrogen) atoms. The van der Waals surface area contributed by atoms with E-state index in [-0.39, 0.29) is 23.5 Å². The van der Waals surface area contributed by atoms with E-state index in [0.29, 0.717) is 36.4 Å². The molecule has 0 radical (unpaired) electrons. The van der Waals surface area contributed by atoms with Gasteiger partial charge in [0.05, 0.1) is 18.4 Å². The minimum Gasteiger partial charge on any atom is -0.491 e. The number of carbonyl (C=O) groups is 2. The van der Waals surface area contributed by atoms with Crippen LogP contribution >= 0.6 is 0 Å². The fourth-order valence-corrected chi connectivity index (χ4v) is 3.76. The van der Waals surface area contributed by atoms with Gasteiger partial charge in [-0.05, 0) is 41.8 Å². The molecule has 1 aliphatic heterocycles. The van der Waals surface area contributed by atoms with E-state index in [1.54, 1.807) is 35.1 Å². The first-order chi connectivity index (χ1) is 15.0. The lowest BCUT2D eigenvalue weighted by Gasteiger charge is -2.13. The summed E-state index contributed by atoms with van der Waals surface area (Å²) in [5, 5.41) is 9.61. The summed E-state index contributed by atoms with van der Waals surface area (Å²) in [5.41, 5.74) is 3.30. The number of aromatic nitrogens is 2. The summed E-state index contributed by atoms with van der Waals surface area (Å²) in [6.45, 7) is 0.756. The Hall–Kier alpha value is -3.68. The van der Waals surface area contributed by atoms with Crippen molar-refractivity contribution in [2.75, 3.05) is 20.2 Å². The van der Waals surface area contributed by atoms with Gasteiger partial charge >= 0.3 is 0 Å². The van der Waals surface area contributed by atoms with Crippen LogP contribution < -0.4 is 15.4 Å². The number of aryl methyl sites for hydroxylation is 1. The highest BCUT2D eigenvalue weighted by molar-refractivity contribution is 6.02. The number of nitrogens with one attached hydrogen (secondary N) is 2. The van der Waals surface area contributed by atoms with Gasteiger partial charge in [-0.15, -0.1) is 0 Å². The number of nitrogens with zero attached hydrogens (tertiary/aromatic N) is 2. The van der Waals surface area contributed by atoms with Gasteiger partial charge in [-0.1, -0.05) is 12.1 Å². The van der Waals surface area contributed by atoms with E-state index in [9.17, 15) is 14.0 Å². The standard InChI is InChI=1S/C23H23FN4O3/c1-25-23(30)19-10-16(22(29)26-8-7-14-11-27-28(2)12-14)9-18-20(13-31-21(18)19)15-3-5-17(24)6-4-15/h3-6,9-12,20H,7-8,13H2,1-2H3,(H,25,30)(H,26,29)/t20-/m0/s1. The summed E-state index contributed by atoms with van der Waals surface area (Å²) in [5.74, 6) is -0.666. The molecule has 1 atom stereocenters. The van der Waals surface area contributed by atoms with Crippen molar-refractivity contribution in [3.05, 3.63) is 82.4 Å². The monoisotopic (exact) mass is 422 g/mol. The summed E-state index contributed by atoms with van der Waals surface area (Å²) < 4.78 is 20.9. The molecule has 0 unspecified atom stereocenters. The highest BCUT2D eigenvalue weighted by Gasteiger charge is 2.31. The fourth-order valence-electron chi connectivity index (χ4n) is 3.76. The van der Waals surface area contributed by atoms with Gasteiger partial charge in [0.2, 0.25) is 0 Å². The molecule has 4 rings (SSSR count). The summed E-state index contributed by atoms with van der Waals surface area (Å²) in [6, 6.07) is 9.47. The van der Waals surface area contributed by atoms with Crippen molar-refractivity contribution in [2.45, 2.75) is 12.3 Å². The highest BCUT2D eigenvalue weighted by atomic mass is 19.1. The number of carbonyl (C=O) groups excluding carboxylic acids is 2. The molecular weight excluding hydrogens is 399 g/mol. The second kappa shape index (κ2) is 8.59. The predicted octanol–water partition coefficient (Wildman–Crippen LogP) is 2.42. The van der Waals surface area contributed by atoms with E-state index in [2.05, 4.69) is 15.7 Å². The molecule has 0 fully saturated rings. The van der Waals surface area contributed by atoms with Gasteiger partial charge in [0.15, 0.2) is 0 Å². The number of amides is 2. The first-order valence-corrected chi connectivity index (χ1v) is 10.00. The Kier molecular flexibility index (Phi) is 5.70. The Morgan fingerprint density at radius 2 is 2.00 bits per heavy atom. The van der Waals surface area contributed by atoms with Crippen molar-refractivity contribution in [3.8, 4) is 5.75 Å². The Bertz CT molecular complexity index is 1120. The lowest BCUT2D eigenvalue weighted by atomic mass is 9.90. The van der Waals surface area contributed by atoms with Crippen LogP contribution in [0.25, 0.3) is 0 Å². The fraction of sp³-hybridized carbons (Fsp3) is 0.261. The molecule has 0 spiro atoms. The summed E-state index contributed by atoms with van der Waals surface area (Å²) >= 11 is 0. The molecular formula is C23H23FN4O3. The number of benzene rings is 2. The van der Waals surface area contributed by atoms with Crippen LogP contribution in [0, 0.1) is 5.82 Å². The zero-order valence-corrected chi connectivity index (χ0v) is 17.3. The van der Waals surface area contributed by atoms with Crippen LogP contribution in [0.15, 0.2) is 48.8 Å². The second-order valence-electron chi connectivity index (χ2n) is 7.46. The third-order valence-electron chi connectivity index (χ3n) is 5.35. The van der Waals surface area contributed by atoms with Crippen LogP contribution in [0.3, 0.4) is 0 Å². The number of ether oxygens (including phenoxy) is 1. The van der Waals surface area contributed by atoms with Gasteiger partial charge in [0.1, 0.15) is 11.6 Å². The average Bonchev–Trinajstić information content (AvgIpc) is 3.39. The maximum absolute atomic E-state index is 13.4. The molecule has 8 heteroatoms. The predicted molar refractivity (Wildman–Crippen MR) is 113 cm³/mol. The molecule has 2 heterocycles. The quantitative estimate of drug-likeness (QED) is 0.639. The van der Waals surface area contributed by atoms with Crippen molar-refractivity contribution < 1.29 is 18.7 Å². The molecule has 7 nitrogen and oxygen atoms in total. The molecule has 2 amide bonds. The summed E-state index contributed by atoms with van der Waals surface area (Å²) in [7, 11) is 3.37. The zero-order chi connectivity index (χ0) is 22.0. The van der Waals surface area contributed by atoms with Gasteiger partial charge in [-0.25, -0.2) is 4.39 Å². The van der Waals surface area contributed by atoms with Crippen LogP contribution in [0.1, 0.15) is 43.3 Å². The van der Waals surface area contributed by atoms with E-state index in [1.807, 2.05) is 13.2 Å². The molecule has 0 saturated heterocycles. The molecule has 1 aliphatic rings. The zero-order valence-electron chi connectivity index (χ0n) is 17.3. The smallest absolute Gasteiger partial charge is 0.254 e.